The molecule has 4 nitrogen and oxygen atoms in total. The monoisotopic (exact) mass is 226 g/mol. The van der Waals surface area contributed by atoms with Crippen molar-refractivity contribution in [2.75, 3.05) is 5.73 Å². The van der Waals surface area contributed by atoms with Crippen molar-refractivity contribution < 1.29 is 9.15 Å². The molecule has 1 aromatic heterocycles. The summed E-state index contributed by atoms with van der Waals surface area (Å²) < 4.78 is 10.9. The first-order valence-corrected chi connectivity index (χ1v) is 5.20. The van der Waals surface area contributed by atoms with Crippen molar-refractivity contribution in [1.29, 1.82) is 0 Å². The zero-order valence-corrected chi connectivity index (χ0v) is 8.96. The van der Waals surface area contributed by atoms with Gasteiger partial charge in [-0.15, -0.1) is 0 Å². The van der Waals surface area contributed by atoms with E-state index >= 15 is 0 Å². The molecule has 0 bridgehead atoms. The van der Waals surface area contributed by atoms with Gasteiger partial charge in [0.25, 0.3) is 6.01 Å². The van der Waals surface area contributed by atoms with Crippen LogP contribution in [0.1, 0.15) is 0 Å². The Labute approximate surface area is 97.6 Å². The van der Waals surface area contributed by atoms with Gasteiger partial charge in [0, 0.05) is 6.07 Å². The molecule has 2 N–H and O–H groups in total. The summed E-state index contributed by atoms with van der Waals surface area (Å²) in [5.74, 6) is 1.47. The standard InChI is InChI=1S/C13H10N2O2/c14-13-15-11-7-6-10(8-12(11)17-13)16-9-4-2-1-3-5-9/h1-8H,(H2,14,15). The number of nitrogens with two attached hydrogens (primary N) is 1. The van der Waals surface area contributed by atoms with Gasteiger partial charge in [0.2, 0.25) is 0 Å². The van der Waals surface area contributed by atoms with Gasteiger partial charge in [0.1, 0.15) is 17.0 Å². The number of benzene rings is 2. The summed E-state index contributed by atoms with van der Waals surface area (Å²) in [4.78, 5) is 4.02. The van der Waals surface area contributed by atoms with Gasteiger partial charge in [-0.3, -0.25) is 0 Å². The fraction of sp³-hybridized carbons (Fsp3) is 0. The average Bonchev–Trinajstić information content (AvgIpc) is 2.70. The summed E-state index contributed by atoms with van der Waals surface area (Å²) in [7, 11) is 0. The molecule has 0 aliphatic carbocycles. The van der Waals surface area contributed by atoms with E-state index in [0.29, 0.717) is 11.3 Å². The first-order chi connectivity index (χ1) is 8.31. The van der Waals surface area contributed by atoms with Crippen molar-refractivity contribution in [2.24, 2.45) is 0 Å². The predicted molar refractivity (Wildman–Crippen MR) is 64.9 cm³/mol. The summed E-state index contributed by atoms with van der Waals surface area (Å²) in [5.41, 5.74) is 6.82. The SMILES string of the molecule is Nc1nc2ccc(Oc3ccccc3)cc2o1. The Kier molecular flexibility index (Phi) is 2.19. The third-order valence-electron chi connectivity index (χ3n) is 2.36. The molecule has 0 atom stereocenters. The molecule has 0 fully saturated rings. The van der Waals surface area contributed by atoms with Crippen LogP contribution in [0.25, 0.3) is 11.1 Å². The number of anilines is 1. The lowest BCUT2D eigenvalue weighted by atomic mass is 10.3. The quantitative estimate of drug-likeness (QED) is 0.728. The highest BCUT2D eigenvalue weighted by atomic mass is 16.5. The maximum absolute atomic E-state index is 5.67. The zero-order valence-electron chi connectivity index (χ0n) is 8.96. The normalized spacial score (nSPS) is 10.6. The van der Waals surface area contributed by atoms with Gasteiger partial charge in [0.05, 0.1) is 0 Å². The minimum absolute atomic E-state index is 0.164. The van der Waals surface area contributed by atoms with Crippen LogP contribution in [0.5, 0.6) is 11.5 Å². The number of oxazole rings is 1. The maximum atomic E-state index is 5.67. The van der Waals surface area contributed by atoms with Crippen molar-refractivity contribution in [1.82, 2.24) is 4.98 Å². The van der Waals surface area contributed by atoms with Gasteiger partial charge in [-0.1, -0.05) is 18.2 Å². The maximum Gasteiger partial charge on any atom is 0.292 e. The zero-order chi connectivity index (χ0) is 11.7. The molecular weight excluding hydrogens is 216 g/mol. The van der Waals surface area contributed by atoms with E-state index in [1.54, 1.807) is 6.07 Å². The van der Waals surface area contributed by atoms with Gasteiger partial charge >= 0.3 is 0 Å². The number of hydrogen-bond acceptors (Lipinski definition) is 4. The topological polar surface area (TPSA) is 61.3 Å². The lowest BCUT2D eigenvalue weighted by molar-refractivity contribution is 0.482. The van der Waals surface area contributed by atoms with Crippen LogP contribution in [0, 0.1) is 0 Å². The molecule has 0 aliphatic rings. The minimum atomic E-state index is 0.164. The molecule has 0 radical (unpaired) electrons. The van der Waals surface area contributed by atoms with Gasteiger partial charge in [-0.05, 0) is 24.3 Å². The molecule has 17 heavy (non-hydrogen) atoms. The fourth-order valence-corrected chi connectivity index (χ4v) is 1.61. The van der Waals surface area contributed by atoms with E-state index in [4.69, 9.17) is 14.9 Å². The molecule has 0 amide bonds. The van der Waals surface area contributed by atoms with Crippen LogP contribution < -0.4 is 10.5 Å². The third kappa shape index (κ3) is 1.92. The first kappa shape index (κ1) is 9.72. The molecule has 1 heterocycles. The van der Waals surface area contributed by atoms with Crippen LogP contribution in [0.3, 0.4) is 0 Å². The molecule has 0 spiro atoms. The van der Waals surface area contributed by atoms with Crippen LogP contribution in [-0.4, -0.2) is 4.98 Å². The van der Waals surface area contributed by atoms with E-state index in [9.17, 15) is 0 Å². The van der Waals surface area contributed by atoms with E-state index < -0.39 is 0 Å². The molecule has 3 rings (SSSR count). The van der Waals surface area contributed by atoms with E-state index in [2.05, 4.69) is 4.98 Å². The Morgan fingerprint density at radius 2 is 1.82 bits per heavy atom. The summed E-state index contributed by atoms with van der Waals surface area (Å²) in [6.07, 6.45) is 0. The predicted octanol–water partition coefficient (Wildman–Crippen LogP) is 3.20. The summed E-state index contributed by atoms with van der Waals surface area (Å²) in [6, 6.07) is 15.1. The van der Waals surface area contributed by atoms with Crippen LogP contribution in [-0.2, 0) is 0 Å². The number of nitrogen functional groups attached to an aromatic ring is 1. The molecular formula is C13H10N2O2. The van der Waals surface area contributed by atoms with Gasteiger partial charge in [-0.25, -0.2) is 0 Å². The van der Waals surface area contributed by atoms with Crippen molar-refractivity contribution in [2.45, 2.75) is 0 Å². The van der Waals surface area contributed by atoms with Gasteiger partial charge in [-0.2, -0.15) is 4.98 Å². The van der Waals surface area contributed by atoms with E-state index in [0.717, 1.165) is 11.3 Å². The van der Waals surface area contributed by atoms with Crippen molar-refractivity contribution in [3.05, 3.63) is 48.5 Å². The molecule has 4 heteroatoms. The molecule has 0 aliphatic heterocycles. The fourth-order valence-electron chi connectivity index (χ4n) is 1.61. The smallest absolute Gasteiger partial charge is 0.292 e. The number of hydrogen-bond donors (Lipinski definition) is 1. The second-order valence-electron chi connectivity index (χ2n) is 3.60. The molecule has 3 aromatic rings. The second kappa shape index (κ2) is 3.83. The lowest BCUT2D eigenvalue weighted by Crippen LogP contribution is -1.82. The third-order valence-corrected chi connectivity index (χ3v) is 2.36. The molecule has 84 valence electrons. The lowest BCUT2D eigenvalue weighted by Gasteiger charge is -2.04. The molecule has 0 unspecified atom stereocenters. The molecule has 0 saturated heterocycles. The van der Waals surface area contributed by atoms with E-state index in [1.807, 2.05) is 42.5 Å². The van der Waals surface area contributed by atoms with Crippen molar-refractivity contribution in [3.63, 3.8) is 0 Å². The number of nitrogens with zero attached hydrogens (tertiary/aromatic N) is 1. The molecule has 2 aromatic carbocycles. The molecule has 0 saturated carbocycles. The minimum Gasteiger partial charge on any atom is -0.457 e. The van der Waals surface area contributed by atoms with Gasteiger partial charge in [0.15, 0.2) is 5.58 Å². The number of fused-ring (bicyclic) bond motifs is 1. The number of aromatic nitrogens is 1. The Hall–Kier alpha value is -2.49. The first-order valence-electron chi connectivity index (χ1n) is 5.20. The Morgan fingerprint density at radius 3 is 2.65 bits per heavy atom. The summed E-state index contributed by atoms with van der Waals surface area (Å²) >= 11 is 0. The van der Waals surface area contributed by atoms with Crippen LogP contribution in [0.2, 0.25) is 0 Å². The van der Waals surface area contributed by atoms with E-state index in [-0.39, 0.29) is 6.01 Å². The highest BCUT2D eigenvalue weighted by Gasteiger charge is 2.04. The van der Waals surface area contributed by atoms with Crippen LogP contribution in [0.4, 0.5) is 6.01 Å². The average molecular weight is 226 g/mol. The Morgan fingerprint density at radius 1 is 1.00 bits per heavy atom. The number of para-hydroxylation sites is 1. The second-order valence-corrected chi connectivity index (χ2v) is 3.60. The van der Waals surface area contributed by atoms with Crippen LogP contribution in [0.15, 0.2) is 52.9 Å². The van der Waals surface area contributed by atoms with Crippen LogP contribution >= 0.6 is 0 Å². The van der Waals surface area contributed by atoms with Crippen molar-refractivity contribution in [3.8, 4) is 11.5 Å². The highest BCUT2D eigenvalue weighted by Crippen LogP contribution is 2.26. The number of ether oxygens (including phenoxy) is 1. The number of rotatable bonds is 2. The van der Waals surface area contributed by atoms with E-state index in [1.165, 1.54) is 0 Å². The Balaban J connectivity index is 1.95. The van der Waals surface area contributed by atoms with Crippen molar-refractivity contribution >= 4 is 17.1 Å². The summed E-state index contributed by atoms with van der Waals surface area (Å²) in [6.45, 7) is 0. The van der Waals surface area contributed by atoms with Gasteiger partial charge < -0.3 is 14.9 Å². The highest BCUT2D eigenvalue weighted by molar-refractivity contribution is 5.75. The summed E-state index contributed by atoms with van der Waals surface area (Å²) in [5, 5.41) is 0. The largest absolute Gasteiger partial charge is 0.457 e. The Bertz CT molecular complexity index is 647.